The molecule has 158 valence electrons. The molecule has 0 aromatic heterocycles. The monoisotopic (exact) mass is 418 g/mol. The van der Waals surface area contributed by atoms with Gasteiger partial charge < -0.3 is 5.11 Å². The highest BCUT2D eigenvalue weighted by Gasteiger charge is 2.49. The fourth-order valence-corrected chi connectivity index (χ4v) is 7.13. The molecule has 3 aliphatic heterocycles. The summed E-state index contributed by atoms with van der Waals surface area (Å²) in [6.07, 6.45) is 6.84. The third kappa shape index (κ3) is 4.13. The lowest BCUT2D eigenvalue weighted by Crippen LogP contribution is -2.63. The lowest BCUT2D eigenvalue weighted by Gasteiger charge is -2.56. The quantitative estimate of drug-likeness (QED) is 0.744. The number of carboxylic acids is 1. The second-order valence-corrected chi connectivity index (χ2v) is 10.7. The third-order valence-corrected chi connectivity index (χ3v) is 8.81. The summed E-state index contributed by atoms with van der Waals surface area (Å²) in [6.45, 7) is 5.20. The van der Waals surface area contributed by atoms with Gasteiger partial charge in [-0.1, -0.05) is 23.8 Å². The number of carbonyl (C=O) groups is 1. The fraction of sp³-hybridized carbons (Fsp3) is 0.591. The van der Waals surface area contributed by atoms with E-state index in [0.717, 1.165) is 37.9 Å². The van der Waals surface area contributed by atoms with E-state index in [-0.39, 0.29) is 5.92 Å². The highest BCUT2D eigenvalue weighted by Crippen LogP contribution is 2.44. The molecule has 0 amide bonds. The Morgan fingerprint density at radius 3 is 2.66 bits per heavy atom. The largest absolute Gasteiger partial charge is 0.478 e. The first-order valence-electron chi connectivity index (χ1n) is 10.6. The standard InChI is InChI=1S/C22H30N2O4S/c1-16-7-9-19(10-8-16)29(27,28)24-14-18-5-3-12-23-13-11-17(4-2-6-21(25)26)20(15-24)22(18)23/h2,6-10,17-18,20,22H,3-5,11-15H2,1H3,(H,25,26)/b6-2+. The minimum absolute atomic E-state index is 0.251. The van der Waals surface area contributed by atoms with Crippen LogP contribution in [0.1, 0.15) is 31.2 Å². The van der Waals surface area contributed by atoms with Crippen LogP contribution < -0.4 is 0 Å². The molecule has 4 unspecified atom stereocenters. The van der Waals surface area contributed by atoms with Crippen molar-refractivity contribution >= 4 is 16.0 Å². The summed E-state index contributed by atoms with van der Waals surface area (Å²) in [5, 5.41) is 8.92. The first-order valence-corrected chi connectivity index (χ1v) is 12.0. The van der Waals surface area contributed by atoms with E-state index in [1.54, 1.807) is 22.5 Å². The lowest BCUT2D eigenvalue weighted by molar-refractivity contribution is -0.131. The molecular weight excluding hydrogens is 388 g/mol. The number of carboxylic acid groups (broad SMARTS) is 1. The van der Waals surface area contributed by atoms with Crippen molar-refractivity contribution < 1.29 is 18.3 Å². The van der Waals surface area contributed by atoms with Crippen LogP contribution in [0.25, 0.3) is 0 Å². The summed E-state index contributed by atoms with van der Waals surface area (Å²) in [5.74, 6) is 0.00381. The molecule has 0 bridgehead atoms. The number of piperidine rings is 3. The topological polar surface area (TPSA) is 77.9 Å². The van der Waals surface area contributed by atoms with Crippen molar-refractivity contribution in [3.8, 4) is 0 Å². The van der Waals surface area contributed by atoms with Gasteiger partial charge in [-0.15, -0.1) is 0 Å². The summed E-state index contributed by atoms with van der Waals surface area (Å²) in [6, 6.07) is 7.53. The second-order valence-electron chi connectivity index (χ2n) is 8.75. The molecule has 7 heteroatoms. The zero-order valence-electron chi connectivity index (χ0n) is 16.9. The molecule has 1 N–H and O–H groups in total. The van der Waals surface area contributed by atoms with Gasteiger partial charge in [-0.05, 0) is 75.6 Å². The van der Waals surface area contributed by atoms with Crippen molar-refractivity contribution in [1.29, 1.82) is 0 Å². The Balaban J connectivity index is 1.60. The number of aryl methyl sites for hydroxylation is 1. The van der Waals surface area contributed by atoms with Crippen LogP contribution in [0.3, 0.4) is 0 Å². The molecule has 1 aromatic rings. The summed E-state index contributed by atoms with van der Waals surface area (Å²) in [4.78, 5) is 13.8. The van der Waals surface area contributed by atoms with Crippen LogP contribution in [0.2, 0.25) is 0 Å². The summed E-state index contributed by atoms with van der Waals surface area (Å²) >= 11 is 0. The number of rotatable bonds is 5. The normalized spacial score (nSPS) is 30.9. The molecule has 3 heterocycles. The Labute approximate surface area is 173 Å². The van der Waals surface area contributed by atoms with Gasteiger partial charge in [0.2, 0.25) is 10.0 Å². The third-order valence-electron chi connectivity index (χ3n) is 6.97. The Bertz CT molecular complexity index is 881. The number of sulfonamides is 1. The van der Waals surface area contributed by atoms with Crippen LogP contribution in [0.5, 0.6) is 0 Å². The second kappa shape index (κ2) is 8.20. The molecule has 1 aromatic carbocycles. The smallest absolute Gasteiger partial charge is 0.327 e. The lowest BCUT2D eigenvalue weighted by atomic mass is 9.68. The summed E-state index contributed by atoms with van der Waals surface area (Å²) in [5.41, 5.74) is 1.04. The van der Waals surface area contributed by atoms with Crippen LogP contribution in [0.4, 0.5) is 0 Å². The SMILES string of the molecule is Cc1ccc(S(=O)(=O)N2CC3CCCN4CCC(C/C=C/C(=O)O)C(C2)C34)cc1. The molecular formula is C22H30N2O4S. The Hall–Kier alpha value is -1.70. The first-order chi connectivity index (χ1) is 13.9. The van der Waals surface area contributed by atoms with E-state index in [1.165, 1.54) is 6.08 Å². The van der Waals surface area contributed by atoms with Crippen LogP contribution >= 0.6 is 0 Å². The average Bonchev–Trinajstić information content (AvgIpc) is 2.69. The molecule has 6 nitrogen and oxygen atoms in total. The van der Waals surface area contributed by atoms with E-state index in [2.05, 4.69) is 4.90 Å². The van der Waals surface area contributed by atoms with Crippen molar-refractivity contribution in [3.05, 3.63) is 42.0 Å². The number of hydrogen-bond acceptors (Lipinski definition) is 4. The molecule has 0 spiro atoms. The van der Waals surface area contributed by atoms with E-state index in [0.29, 0.717) is 42.3 Å². The van der Waals surface area contributed by atoms with Crippen molar-refractivity contribution in [2.45, 2.75) is 43.5 Å². The molecule has 4 rings (SSSR count). The molecule has 4 atom stereocenters. The van der Waals surface area contributed by atoms with Crippen LogP contribution in [-0.4, -0.2) is 60.9 Å². The number of hydrogen-bond donors (Lipinski definition) is 1. The minimum Gasteiger partial charge on any atom is -0.478 e. The van der Waals surface area contributed by atoms with Crippen molar-refractivity contribution in [2.75, 3.05) is 26.2 Å². The first kappa shape index (κ1) is 20.6. The van der Waals surface area contributed by atoms with Gasteiger partial charge in [0.05, 0.1) is 4.90 Å². The van der Waals surface area contributed by atoms with Gasteiger partial charge in [-0.3, -0.25) is 4.90 Å². The average molecular weight is 419 g/mol. The predicted octanol–water partition coefficient (Wildman–Crippen LogP) is 2.75. The molecule has 3 saturated heterocycles. The predicted molar refractivity (Wildman–Crippen MR) is 111 cm³/mol. The van der Waals surface area contributed by atoms with Crippen molar-refractivity contribution in [3.63, 3.8) is 0 Å². The fourth-order valence-electron chi connectivity index (χ4n) is 5.60. The van der Waals surface area contributed by atoms with Gasteiger partial charge in [0.25, 0.3) is 0 Å². The Morgan fingerprint density at radius 1 is 1.17 bits per heavy atom. The maximum Gasteiger partial charge on any atom is 0.327 e. The van der Waals surface area contributed by atoms with Gasteiger partial charge >= 0.3 is 5.97 Å². The molecule has 0 saturated carbocycles. The Kier molecular flexibility index (Phi) is 5.82. The zero-order chi connectivity index (χ0) is 20.6. The van der Waals surface area contributed by atoms with Gasteiger partial charge in [0, 0.05) is 25.2 Å². The number of benzene rings is 1. The zero-order valence-corrected chi connectivity index (χ0v) is 17.7. The number of allylic oxidation sites excluding steroid dienone is 1. The van der Waals surface area contributed by atoms with E-state index >= 15 is 0 Å². The maximum absolute atomic E-state index is 13.4. The van der Waals surface area contributed by atoms with Gasteiger partial charge in [-0.25, -0.2) is 13.2 Å². The molecule has 3 aliphatic rings. The minimum atomic E-state index is -3.52. The Morgan fingerprint density at radius 2 is 1.93 bits per heavy atom. The van der Waals surface area contributed by atoms with Crippen LogP contribution in [0, 0.1) is 24.7 Å². The highest BCUT2D eigenvalue weighted by molar-refractivity contribution is 7.89. The maximum atomic E-state index is 13.4. The van der Waals surface area contributed by atoms with Crippen molar-refractivity contribution in [1.82, 2.24) is 9.21 Å². The number of nitrogens with zero attached hydrogens (tertiary/aromatic N) is 2. The van der Waals surface area contributed by atoms with E-state index in [4.69, 9.17) is 5.11 Å². The molecule has 3 fully saturated rings. The van der Waals surface area contributed by atoms with E-state index < -0.39 is 16.0 Å². The van der Waals surface area contributed by atoms with Crippen LogP contribution in [0.15, 0.2) is 41.3 Å². The van der Waals surface area contributed by atoms with E-state index in [1.807, 2.05) is 19.1 Å². The summed E-state index contributed by atoms with van der Waals surface area (Å²) < 4.78 is 28.4. The summed E-state index contributed by atoms with van der Waals surface area (Å²) in [7, 11) is -3.52. The number of aliphatic carboxylic acids is 1. The van der Waals surface area contributed by atoms with Crippen molar-refractivity contribution in [2.24, 2.45) is 17.8 Å². The van der Waals surface area contributed by atoms with Gasteiger partial charge in [-0.2, -0.15) is 4.31 Å². The molecule has 0 radical (unpaired) electrons. The highest BCUT2D eigenvalue weighted by atomic mass is 32.2. The van der Waals surface area contributed by atoms with E-state index in [9.17, 15) is 13.2 Å². The molecule has 29 heavy (non-hydrogen) atoms. The molecule has 0 aliphatic carbocycles. The van der Waals surface area contributed by atoms with Gasteiger partial charge in [0.1, 0.15) is 0 Å². The van der Waals surface area contributed by atoms with Crippen LogP contribution in [-0.2, 0) is 14.8 Å². The van der Waals surface area contributed by atoms with Gasteiger partial charge in [0.15, 0.2) is 0 Å².